The largest absolute Gasteiger partial charge is 0.496 e. The lowest BCUT2D eigenvalue weighted by Gasteiger charge is -2.34. The normalized spacial score (nSPS) is 21.1. The Kier molecular flexibility index (Phi) is 5.26. The van der Waals surface area contributed by atoms with Crippen LogP contribution in [-0.4, -0.2) is 19.7 Å². The maximum absolute atomic E-state index is 13.5. The average Bonchev–Trinajstić information content (AvgIpc) is 2.61. The van der Waals surface area contributed by atoms with Crippen LogP contribution >= 0.6 is 0 Å². The molecule has 3 nitrogen and oxygen atoms in total. The summed E-state index contributed by atoms with van der Waals surface area (Å²) in [6.07, 6.45) is 2.24. The molecule has 1 saturated heterocycles. The van der Waals surface area contributed by atoms with Crippen molar-refractivity contribution < 1.29 is 9.13 Å². The molecular weight excluding hydrogens is 291 g/mol. The fourth-order valence-electron chi connectivity index (χ4n) is 3.25. The highest BCUT2D eigenvalue weighted by Gasteiger charge is 2.25. The Morgan fingerprint density at radius 3 is 2.83 bits per heavy atom. The van der Waals surface area contributed by atoms with Gasteiger partial charge in [-0.25, -0.2) is 4.39 Å². The number of ether oxygens (including phenoxy) is 1. The first-order valence-electron chi connectivity index (χ1n) is 8.12. The SMILES string of the molecule is COc1ccc(F)cc1CNC1CCCNC1c1ccccc1. The summed E-state index contributed by atoms with van der Waals surface area (Å²) in [5.41, 5.74) is 2.14. The summed E-state index contributed by atoms with van der Waals surface area (Å²) in [6.45, 7) is 1.62. The molecule has 0 aromatic heterocycles. The van der Waals surface area contributed by atoms with Gasteiger partial charge in [-0.3, -0.25) is 0 Å². The van der Waals surface area contributed by atoms with E-state index in [1.807, 2.05) is 6.07 Å². The van der Waals surface area contributed by atoms with E-state index in [9.17, 15) is 4.39 Å². The van der Waals surface area contributed by atoms with Gasteiger partial charge in [0, 0.05) is 24.2 Å². The summed E-state index contributed by atoms with van der Waals surface area (Å²) in [5.74, 6) is 0.489. The Bertz CT molecular complexity index is 633. The summed E-state index contributed by atoms with van der Waals surface area (Å²) in [6, 6.07) is 15.7. The van der Waals surface area contributed by atoms with Crippen LogP contribution in [0.15, 0.2) is 48.5 Å². The molecule has 122 valence electrons. The predicted molar refractivity (Wildman–Crippen MR) is 90.0 cm³/mol. The molecule has 1 aliphatic rings. The third-order valence-electron chi connectivity index (χ3n) is 4.41. The second-order valence-corrected chi connectivity index (χ2v) is 5.93. The monoisotopic (exact) mass is 314 g/mol. The smallest absolute Gasteiger partial charge is 0.123 e. The summed E-state index contributed by atoms with van der Waals surface area (Å²) in [4.78, 5) is 0. The Hall–Kier alpha value is -1.91. The Morgan fingerprint density at radius 2 is 2.04 bits per heavy atom. The molecule has 2 unspecified atom stereocenters. The lowest BCUT2D eigenvalue weighted by atomic mass is 9.92. The minimum absolute atomic E-state index is 0.232. The molecule has 1 heterocycles. The van der Waals surface area contributed by atoms with Gasteiger partial charge in [-0.15, -0.1) is 0 Å². The van der Waals surface area contributed by atoms with Crippen molar-refractivity contribution in [2.45, 2.75) is 31.5 Å². The van der Waals surface area contributed by atoms with Crippen LogP contribution in [0.1, 0.15) is 30.0 Å². The fraction of sp³-hybridized carbons (Fsp3) is 0.368. The van der Waals surface area contributed by atoms with Crippen molar-refractivity contribution in [2.75, 3.05) is 13.7 Å². The van der Waals surface area contributed by atoms with Gasteiger partial charge in [0.1, 0.15) is 11.6 Å². The van der Waals surface area contributed by atoms with E-state index >= 15 is 0 Å². The van der Waals surface area contributed by atoms with Crippen molar-refractivity contribution in [3.8, 4) is 5.75 Å². The van der Waals surface area contributed by atoms with Crippen LogP contribution in [0.3, 0.4) is 0 Å². The molecule has 2 aromatic rings. The number of benzene rings is 2. The van der Waals surface area contributed by atoms with E-state index in [4.69, 9.17) is 4.74 Å². The Balaban J connectivity index is 1.72. The highest BCUT2D eigenvalue weighted by molar-refractivity contribution is 5.34. The number of piperidine rings is 1. The van der Waals surface area contributed by atoms with Crippen LogP contribution in [0.5, 0.6) is 5.75 Å². The van der Waals surface area contributed by atoms with Crippen molar-refractivity contribution in [1.29, 1.82) is 0 Å². The highest BCUT2D eigenvalue weighted by Crippen LogP contribution is 2.25. The third kappa shape index (κ3) is 3.89. The van der Waals surface area contributed by atoms with E-state index in [1.165, 1.54) is 11.6 Å². The van der Waals surface area contributed by atoms with Gasteiger partial charge >= 0.3 is 0 Å². The van der Waals surface area contributed by atoms with E-state index in [2.05, 4.69) is 34.9 Å². The number of hydrogen-bond donors (Lipinski definition) is 2. The number of rotatable bonds is 5. The minimum Gasteiger partial charge on any atom is -0.496 e. The van der Waals surface area contributed by atoms with Crippen LogP contribution in [0, 0.1) is 5.82 Å². The first-order chi connectivity index (χ1) is 11.3. The summed E-state index contributed by atoms with van der Waals surface area (Å²) < 4.78 is 18.8. The van der Waals surface area contributed by atoms with Crippen molar-refractivity contribution in [2.24, 2.45) is 0 Å². The van der Waals surface area contributed by atoms with Gasteiger partial charge in [-0.1, -0.05) is 30.3 Å². The molecule has 3 rings (SSSR count). The molecule has 0 bridgehead atoms. The van der Waals surface area contributed by atoms with Gasteiger partial charge < -0.3 is 15.4 Å². The minimum atomic E-state index is -0.232. The van der Waals surface area contributed by atoms with Gasteiger partial charge in [-0.2, -0.15) is 0 Å². The van der Waals surface area contributed by atoms with E-state index in [1.54, 1.807) is 19.2 Å². The van der Waals surface area contributed by atoms with Crippen molar-refractivity contribution in [3.63, 3.8) is 0 Å². The zero-order chi connectivity index (χ0) is 16.1. The van der Waals surface area contributed by atoms with E-state index in [0.29, 0.717) is 12.6 Å². The molecule has 1 fully saturated rings. The maximum Gasteiger partial charge on any atom is 0.123 e. The molecular formula is C19H23FN2O. The molecule has 23 heavy (non-hydrogen) atoms. The molecule has 0 aliphatic carbocycles. The molecule has 0 amide bonds. The first kappa shape index (κ1) is 16.0. The lowest BCUT2D eigenvalue weighted by Crippen LogP contribution is -2.45. The second-order valence-electron chi connectivity index (χ2n) is 5.93. The fourth-order valence-corrected chi connectivity index (χ4v) is 3.25. The van der Waals surface area contributed by atoms with E-state index in [-0.39, 0.29) is 11.9 Å². The summed E-state index contributed by atoms with van der Waals surface area (Å²) in [7, 11) is 1.62. The Morgan fingerprint density at radius 1 is 1.22 bits per heavy atom. The van der Waals surface area contributed by atoms with Crippen LogP contribution in [-0.2, 0) is 6.54 Å². The Labute approximate surface area is 136 Å². The molecule has 2 N–H and O–H groups in total. The predicted octanol–water partition coefficient (Wildman–Crippen LogP) is 3.42. The third-order valence-corrected chi connectivity index (χ3v) is 4.41. The maximum atomic E-state index is 13.5. The number of methoxy groups -OCH3 is 1. The molecule has 0 spiro atoms. The molecule has 0 radical (unpaired) electrons. The van der Waals surface area contributed by atoms with Gasteiger partial charge in [-0.05, 0) is 43.1 Å². The number of nitrogens with one attached hydrogen (secondary N) is 2. The molecule has 1 aliphatic heterocycles. The quantitative estimate of drug-likeness (QED) is 0.887. The van der Waals surface area contributed by atoms with Gasteiger partial charge in [0.05, 0.1) is 7.11 Å². The second kappa shape index (κ2) is 7.57. The molecule has 2 atom stereocenters. The number of halogens is 1. The van der Waals surface area contributed by atoms with Crippen molar-refractivity contribution >= 4 is 0 Å². The van der Waals surface area contributed by atoms with Crippen LogP contribution in [0.4, 0.5) is 4.39 Å². The molecule has 0 saturated carbocycles. The van der Waals surface area contributed by atoms with Crippen LogP contribution in [0.25, 0.3) is 0 Å². The van der Waals surface area contributed by atoms with Gasteiger partial charge in [0.25, 0.3) is 0 Å². The van der Waals surface area contributed by atoms with E-state index in [0.717, 1.165) is 30.7 Å². The van der Waals surface area contributed by atoms with Crippen LogP contribution in [0.2, 0.25) is 0 Å². The van der Waals surface area contributed by atoms with Gasteiger partial charge in [0.15, 0.2) is 0 Å². The zero-order valence-corrected chi connectivity index (χ0v) is 13.4. The van der Waals surface area contributed by atoms with E-state index < -0.39 is 0 Å². The lowest BCUT2D eigenvalue weighted by molar-refractivity contribution is 0.302. The standard InChI is InChI=1S/C19H23FN2O/c1-23-18-10-9-16(20)12-15(18)13-22-17-8-5-11-21-19(17)14-6-3-2-4-7-14/h2-4,6-7,9-10,12,17,19,21-22H,5,8,11,13H2,1H3. The topological polar surface area (TPSA) is 33.3 Å². The van der Waals surface area contributed by atoms with Gasteiger partial charge in [0.2, 0.25) is 0 Å². The van der Waals surface area contributed by atoms with Crippen LogP contribution < -0.4 is 15.4 Å². The summed E-state index contributed by atoms with van der Waals surface area (Å²) in [5, 5.41) is 7.17. The average molecular weight is 314 g/mol. The highest BCUT2D eigenvalue weighted by atomic mass is 19.1. The summed E-state index contributed by atoms with van der Waals surface area (Å²) >= 11 is 0. The van der Waals surface area contributed by atoms with Crippen molar-refractivity contribution in [3.05, 3.63) is 65.5 Å². The first-order valence-corrected chi connectivity index (χ1v) is 8.12. The molecule has 4 heteroatoms. The van der Waals surface area contributed by atoms with Crippen molar-refractivity contribution in [1.82, 2.24) is 10.6 Å². The zero-order valence-electron chi connectivity index (χ0n) is 13.4. The number of hydrogen-bond acceptors (Lipinski definition) is 3. The molecule has 2 aromatic carbocycles.